The Labute approximate surface area is 170 Å². The lowest BCUT2D eigenvalue weighted by atomic mass is 10.0. The maximum atomic E-state index is 10.7. The van der Waals surface area contributed by atoms with E-state index in [-0.39, 0.29) is 18.8 Å². The van der Waals surface area contributed by atoms with Crippen molar-refractivity contribution in [2.45, 2.75) is 26.0 Å². The van der Waals surface area contributed by atoms with E-state index >= 15 is 0 Å². The Bertz CT molecular complexity index is 854. The number of nitrogens with zero attached hydrogens (tertiary/aromatic N) is 3. The normalized spacial score (nSPS) is 14.8. The van der Waals surface area contributed by atoms with Gasteiger partial charge in [0.1, 0.15) is 18.5 Å². The van der Waals surface area contributed by atoms with Crippen molar-refractivity contribution in [3.05, 3.63) is 69.8 Å². The summed E-state index contributed by atoms with van der Waals surface area (Å²) in [7, 11) is 0. The van der Waals surface area contributed by atoms with Crippen LogP contribution in [0.4, 0.5) is 5.69 Å². The Morgan fingerprint density at radius 2 is 2.00 bits per heavy atom. The first-order valence-electron chi connectivity index (χ1n) is 9.72. The van der Waals surface area contributed by atoms with Crippen LogP contribution in [0.5, 0.6) is 5.75 Å². The monoisotopic (exact) mass is 398 g/mol. The quantitative estimate of drug-likeness (QED) is 0.321. The number of nitro benzene ring substituents is 1. The van der Waals surface area contributed by atoms with Crippen molar-refractivity contribution in [1.82, 2.24) is 10.2 Å². The van der Waals surface area contributed by atoms with Gasteiger partial charge in [-0.1, -0.05) is 24.3 Å². The topological polar surface area (TPSA) is 100 Å². The van der Waals surface area contributed by atoms with Crippen LogP contribution in [0.3, 0.4) is 0 Å². The number of nitro groups is 1. The van der Waals surface area contributed by atoms with Crippen molar-refractivity contribution >= 4 is 11.6 Å². The number of hydrogen-bond acceptors (Lipinski definition) is 5. The molecule has 0 bridgehead atoms. The van der Waals surface area contributed by atoms with Crippen LogP contribution in [-0.4, -0.2) is 53.2 Å². The van der Waals surface area contributed by atoms with Crippen LogP contribution in [0.15, 0.2) is 53.5 Å². The lowest BCUT2D eigenvalue weighted by Gasteiger charge is -2.31. The third-order valence-corrected chi connectivity index (χ3v) is 4.71. The highest BCUT2D eigenvalue weighted by Gasteiger charge is 2.19. The number of guanidine groups is 1. The Hall–Kier alpha value is -3.13. The predicted octanol–water partition coefficient (Wildman–Crippen LogP) is 2.36. The molecule has 2 aromatic rings. The van der Waals surface area contributed by atoms with E-state index in [0.29, 0.717) is 5.75 Å². The van der Waals surface area contributed by atoms with Crippen molar-refractivity contribution in [3.8, 4) is 5.75 Å². The van der Waals surface area contributed by atoms with Crippen LogP contribution in [0, 0.1) is 10.1 Å². The molecule has 1 aliphatic rings. The average Bonchev–Trinajstić information content (AvgIpc) is 2.75. The van der Waals surface area contributed by atoms with Gasteiger partial charge < -0.3 is 20.1 Å². The lowest BCUT2D eigenvalue weighted by Crippen LogP contribution is -2.44. The van der Waals surface area contributed by atoms with Gasteiger partial charge in [0, 0.05) is 31.8 Å². The van der Waals surface area contributed by atoms with Gasteiger partial charge in [0.15, 0.2) is 5.96 Å². The molecule has 1 atom stereocenters. The van der Waals surface area contributed by atoms with E-state index in [1.165, 1.54) is 35.4 Å². The average molecular weight is 398 g/mol. The predicted molar refractivity (Wildman–Crippen MR) is 111 cm³/mol. The number of nitrogens with one attached hydrogen (secondary N) is 1. The zero-order chi connectivity index (χ0) is 20.6. The fraction of sp³-hybridized carbons (Fsp3) is 0.381. The van der Waals surface area contributed by atoms with Crippen LogP contribution in [0.25, 0.3) is 0 Å². The van der Waals surface area contributed by atoms with Crippen LogP contribution in [0.2, 0.25) is 0 Å². The Morgan fingerprint density at radius 1 is 1.28 bits per heavy atom. The molecule has 0 aromatic heterocycles. The molecule has 0 saturated carbocycles. The summed E-state index contributed by atoms with van der Waals surface area (Å²) in [5.41, 5.74) is 2.67. The highest BCUT2D eigenvalue weighted by Crippen LogP contribution is 2.19. The van der Waals surface area contributed by atoms with Gasteiger partial charge in [0.05, 0.1) is 11.5 Å². The summed E-state index contributed by atoms with van der Waals surface area (Å²) >= 11 is 0. The van der Waals surface area contributed by atoms with Crippen LogP contribution in [0.1, 0.15) is 18.1 Å². The largest absolute Gasteiger partial charge is 0.491 e. The van der Waals surface area contributed by atoms with Crippen LogP contribution in [-0.2, 0) is 13.0 Å². The van der Waals surface area contributed by atoms with E-state index in [1.54, 1.807) is 0 Å². The van der Waals surface area contributed by atoms with E-state index in [0.717, 1.165) is 32.0 Å². The van der Waals surface area contributed by atoms with Crippen molar-refractivity contribution in [2.24, 2.45) is 4.99 Å². The molecule has 2 aromatic carbocycles. The molecule has 29 heavy (non-hydrogen) atoms. The second-order valence-corrected chi connectivity index (χ2v) is 6.85. The molecule has 8 nitrogen and oxygen atoms in total. The smallest absolute Gasteiger partial charge is 0.269 e. The molecule has 1 heterocycles. The van der Waals surface area contributed by atoms with E-state index in [2.05, 4.69) is 33.4 Å². The van der Waals surface area contributed by atoms with Crippen molar-refractivity contribution in [1.29, 1.82) is 0 Å². The summed E-state index contributed by atoms with van der Waals surface area (Å²) in [5, 5.41) is 24.2. The molecule has 1 unspecified atom stereocenters. The minimum absolute atomic E-state index is 0.000820. The number of rotatable bonds is 7. The lowest BCUT2D eigenvalue weighted by molar-refractivity contribution is -0.384. The van der Waals surface area contributed by atoms with Crippen molar-refractivity contribution < 1.29 is 14.8 Å². The SMILES string of the molecule is CCNC(=NCC(O)COc1ccc([N+](=O)[O-])cc1)N1CCc2ccccc2C1. The van der Waals surface area contributed by atoms with E-state index < -0.39 is 11.0 Å². The molecule has 3 rings (SSSR count). The van der Waals surface area contributed by atoms with Crippen LogP contribution >= 0.6 is 0 Å². The molecule has 0 fully saturated rings. The number of non-ortho nitro benzene ring substituents is 1. The summed E-state index contributed by atoms with van der Waals surface area (Å²) < 4.78 is 5.51. The molecule has 0 aliphatic carbocycles. The van der Waals surface area contributed by atoms with Gasteiger partial charge in [-0.2, -0.15) is 0 Å². The van der Waals surface area contributed by atoms with E-state index in [1.807, 2.05) is 13.0 Å². The molecule has 1 aliphatic heterocycles. The fourth-order valence-corrected chi connectivity index (χ4v) is 3.20. The number of ether oxygens (including phenoxy) is 1. The molecule has 2 N–H and O–H groups in total. The third-order valence-electron chi connectivity index (χ3n) is 4.71. The van der Waals surface area contributed by atoms with E-state index in [4.69, 9.17) is 4.74 Å². The third kappa shape index (κ3) is 5.68. The standard InChI is InChI=1S/C21H26N4O4/c1-2-22-21(24-12-11-16-5-3-4-6-17(16)14-24)23-13-19(26)15-29-20-9-7-18(8-10-20)25(27)28/h3-10,19,26H,2,11-15H2,1H3,(H,22,23). The number of hydrogen-bond donors (Lipinski definition) is 2. The summed E-state index contributed by atoms with van der Waals surface area (Å²) in [5.74, 6) is 1.24. The molecule has 0 saturated heterocycles. The Morgan fingerprint density at radius 3 is 2.69 bits per heavy atom. The molecule has 0 radical (unpaired) electrons. The maximum Gasteiger partial charge on any atom is 0.269 e. The molecule has 154 valence electrons. The van der Waals surface area contributed by atoms with Gasteiger partial charge in [-0.05, 0) is 36.6 Å². The fourth-order valence-electron chi connectivity index (χ4n) is 3.20. The van der Waals surface area contributed by atoms with Gasteiger partial charge in [0.2, 0.25) is 0 Å². The number of aliphatic hydroxyl groups is 1. The second kappa shape index (κ2) is 9.88. The number of benzene rings is 2. The highest BCUT2D eigenvalue weighted by molar-refractivity contribution is 5.80. The zero-order valence-electron chi connectivity index (χ0n) is 16.5. The van der Waals surface area contributed by atoms with E-state index in [9.17, 15) is 15.2 Å². The van der Waals surface area contributed by atoms with Crippen molar-refractivity contribution in [2.75, 3.05) is 26.2 Å². The number of fused-ring (bicyclic) bond motifs is 1. The maximum absolute atomic E-state index is 10.7. The number of aliphatic imine (C=N–C) groups is 1. The first-order valence-corrected chi connectivity index (χ1v) is 9.72. The first-order chi connectivity index (χ1) is 14.1. The molecular formula is C21H26N4O4. The first kappa shape index (κ1) is 20.6. The van der Waals surface area contributed by atoms with Gasteiger partial charge in [-0.3, -0.25) is 15.1 Å². The summed E-state index contributed by atoms with van der Waals surface area (Å²) in [4.78, 5) is 17.0. The zero-order valence-corrected chi connectivity index (χ0v) is 16.5. The Balaban J connectivity index is 1.55. The molecule has 8 heteroatoms. The summed E-state index contributed by atoms with van der Waals surface area (Å²) in [6, 6.07) is 14.2. The molecular weight excluding hydrogens is 372 g/mol. The van der Waals surface area contributed by atoms with Gasteiger partial charge in [0.25, 0.3) is 5.69 Å². The van der Waals surface area contributed by atoms with Gasteiger partial charge >= 0.3 is 0 Å². The second-order valence-electron chi connectivity index (χ2n) is 6.85. The Kier molecular flexibility index (Phi) is 7.02. The summed E-state index contributed by atoms with van der Waals surface area (Å²) in [6.07, 6.45) is 0.183. The number of aliphatic hydroxyl groups excluding tert-OH is 1. The summed E-state index contributed by atoms with van der Waals surface area (Å²) in [6.45, 7) is 4.68. The molecule has 0 amide bonds. The van der Waals surface area contributed by atoms with Gasteiger partial charge in [-0.15, -0.1) is 0 Å². The van der Waals surface area contributed by atoms with Gasteiger partial charge in [-0.25, -0.2) is 0 Å². The minimum Gasteiger partial charge on any atom is -0.491 e. The highest BCUT2D eigenvalue weighted by atomic mass is 16.6. The molecule has 0 spiro atoms. The minimum atomic E-state index is -0.782. The van der Waals surface area contributed by atoms with Crippen molar-refractivity contribution in [3.63, 3.8) is 0 Å². The van der Waals surface area contributed by atoms with Crippen LogP contribution < -0.4 is 10.1 Å².